The number of aromatic amines is 1. The Hall–Kier alpha value is -4.71. The van der Waals surface area contributed by atoms with E-state index in [2.05, 4.69) is 20.9 Å². The lowest BCUT2D eigenvalue weighted by Crippen LogP contribution is -2.59. The number of para-hydroxylation sites is 1. The molecule has 1 heterocycles. The molecule has 12 heteroatoms. The van der Waals surface area contributed by atoms with Crippen LogP contribution < -0.4 is 27.4 Å². The van der Waals surface area contributed by atoms with Gasteiger partial charge >= 0.3 is 5.97 Å². The zero-order chi connectivity index (χ0) is 30.8. The van der Waals surface area contributed by atoms with Crippen LogP contribution in [0.1, 0.15) is 37.8 Å². The summed E-state index contributed by atoms with van der Waals surface area (Å²) in [5.74, 6) is -4.74. The fraction of sp³-hybridized carbons (Fsp3) is 0.367. The predicted molar refractivity (Wildman–Crippen MR) is 157 cm³/mol. The van der Waals surface area contributed by atoms with Crippen molar-refractivity contribution in [2.24, 2.45) is 17.4 Å². The number of nitrogens with two attached hydrogens (primary N) is 2. The average molecular weight is 579 g/mol. The Kier molecular flexibility index (Phi) is 11.2. The normalized spacial score (nSPS) is 14.6. The summed E-state index contributed by atoms with van der Waals surface area (Å²) in [5.41, 5.74) is 13.8. The highest BCUT2D eigenvalue weighted by Crippen LogP contribution is 2.20. The molecule has 0 bridgehead atoms. The van der Waals surface area contributed by atoms with Crippen LogP contribution in [-0.2, 0) is 36.8 Å². The van der Waals surface area contributed by atoms with Crippen molar-refractivity contribution in [3.05, 3.63) is 71.9 Å². The largest absolute Gasteiger partial charge is 0.480 e. The molecule has 3 aromatic rings. The van der Waals surface area contributed by atoms with Crippen molar-refractivity contribution in [1.29, 1.82) is 0 Å². The van der Waals surface area contributed by atoms with Gasteiger partial charge in [-0.25, -0.2) is 4.79 Å². The van der Waals surface area contributed by atoms with Crippen molar-refractivity contribution in [3.8, 4) is 0 Å². The maximum atomic E-state index is 13.7. The first-order chi connectivity index (χ1) is 20.0. The summed E-state index contributed by atoms with van der Waals surface area (Å²) in [7, 11) is 0. The van der Waals surface area contributed by atoms with Crippen molar-refractivity contribution in [3.63, 3.8) is 0 Å². The highest BCUT2D eigenvalue weighted by Gasteiger charge is 2.33. The highest BCUT2D eigenvalue weighted by atomic mass is 16.4. The molecule has 42 heavy (non-hydrogen) atoms. The third-order valence-electron chi connectivity index (χ3n) is 7.18. The molecule has 1 aromatic heterocycles. The summed E-state index contributed by atoms with van der Waals surface area (Å²) >= 11 is 0. The number of carbonyl (C=O) groups is 5. The maximum absolute atomic E-state index is 13.7. The molecule has 0 aliphatic heterocycles. The van der Waals surface area contributed by atoms with Gasteiger partial charge in [-0.1, -0.05) is 68.8 Å². The number of amides is 4. The van der Waals surface area contributed by atoms with Crippen LogP contribution in [0.3, 0.4) is 0 Å². The summed E-state index contributed by atoms with van der Waals surface area (Å²) in [6.07, 6.45) is 1.95. The second-order valence-electron chi connectivity index (χ2n) is 10.4. The number of aliphatic carboxylic acids is 1. The third-order valence-corrected chi connectivity index (χ3v) is 7.18. The molecule has 0 radical (unpaired) electrons. The number of primary amides is 1. The summed E-state index contributed by atoms with van der Waals surface area (Å²) < 4.78 is 0. The second-order valence-corrected chi connectivity index (χ2v) is 10.4. The Morgan fingerprint density at radius 3 is 2.14 bits per heavy atom. The van der Waals surface area contributed by atoms with Gasteiger partial charge < -0.3 is 37.5 Å². The summed E-state index contributed by atoms with van der Waals surface area (Å²) in [6.45, 7) is 3.53. The highest BCUT2D eigenvalue weighted by molar-refractivity contribution is 5.95. The van der Waals surface area contributed by atoms with E-state index in [1.54, 1.807) is 13.1 Å². The minimum atomic E-state index is -1.56. The zero-order valence-corrected chi connectivity index (χ0v) is 23.6. The SMILES string of the molecule is CCC(C)C(NC(=O)C(Cc1c[nH]c2ccccc12)NC(=O)C(N)Cc1ccccc1)C(=O)NC(CC(N)=O)C(=O)O. The lowest BCUT2D eigenvalue weighted by atomic mass is 9.96. The summed E-state index contributed by atoms with van der Waals surface area (Å²) in [6, 6.07) is 12.0. The van der Waals surface area contributed by atoms with E-state index in [9.17, 15) is 29.1 Å². The van der Waals surface area contributed by atoms with Gasteiger partial charge in [0, 0.05) is 23.5 Å². The molecule has 0 saturated carbocycles. The van der Waals surface area contributed by atoms with Crippen LogP contribution >= 0.6 is 0 Å². The fourth-order valence-electron chi connectivity index (χ4n) is 4.59. The lowest BCUT2D eigenvalue weighted by Gasteiger charge is -2.28. The standard InChI is InChI=1S/C30H38N6O6/c1-3-17(2)26(29(40)35-24(30(41)42)15-25(32)37)36-28(39)23(14-19-16-33-22-12-8-7-11-20(19)22)34-27(38)21(31)13-18-9-5-4-6-10-18/h4-12,16-17,21,23-24,26,33H,3,13-15,31H2,1-2H3,(H2,32,37)(H,34,38)(H,35,40)(H,36,39)(H,41,42). The van der Waals surface area contributed by atoms with Crippen LogP contribution in [0.25, 0.3) is 10.9 Å². The first-order valence-electron chi connectivity index (χ1n) is 13.8. The molecular formula is C30H38N6O6. The number of hydrogen-bond acceptors (Lipinski definition) is 6. The van der Waals surface area contributed by atoms with Crippen molar-refractivity contribution in [1.82, 2.24) is 20.9 Å². The van der Waals surface area contributed by atoms with E-state index in [0.29, 0.717) is 6.42 Å². The first-order valence-corrected chi connectivity index (χ1v) is 13.8. The van der Waals surface area contributed by atoms with Gasteiger partial charge in [0.2, 0.25) is 23.6 Å². The van der Waals surface area contributed by atoms with Gasteiger partial charge in [-0.05, 0) is 29.5 Å². The predicted octanol–water partition coefficient (Wildman–Crippen LogP) is 0.741. The molecule has 2 aromatic carbocycles. The molecule has 224 valence electrons. The molecule has 3 rings (SSSR count). The number of carboxylic acid groups (broad SMARTS) is 1. The van der Waals surface area contributed by atoms with Gasteiger partial charge in [0.1, 0.15) is 18.1 Å². The molecule has 0 spiro atoms. The van der Waals surface area contributed by atoms with Crippen molar-refractivity contribution in [2.75, 3.05) is 0 Å². The molecule has 5 atom stereocenters. The molecule has 0 saturated heterocycles. The molecule has 12 nitrogen and oxygen atoms in total. The zero-order valence-electron chi connectivity index (χ0n) is 23.6. The Labute approximate surface area is 243 Å². The van der Waals surface area contributed by atoms with E-state index in [-0.39, 0.29) is 12.8 Å². The number of nitrogens with one attached hydrogen (secondary N) is 4. The van der Waals surface area contributed by atoms with E-state index in [4.69, 9.17) is 11.5 Å². The Morgan fingerprint density at radius 1 is 0.857 bits per heavy atom. The molecule has 0 aliphatic rings. The smallest absolute Gasteiger partial charge is 0.326 e. The number of carbonyl (C=O) groups excluding carboxylic acids is 4. The van der Waals surface area contributed by atoms with Gasteiger partial charge in [0.15, 0.2) is 0 Å². The number of carboxylic acids is 1. The molecule has 5 unspecified atom stereocenters. The van der Waals surface area contributed by atoms with Crippen molar-refractivity contribution in [2.45, 2.75) is 63.7 Å². The molecular weight excluding hydrogens is 540 g/mol. The topological polar surface area (TPSA) is 210 Å². The minimum Gasteiger partial charge on any atom is -0.480 e. The van der Waals surface area contributed by atoms with Crippen LogP contribution in [0.15, 0.2) is 60.8 Å². The number of aromatic nitrogens is 1. The summed E-state index contributed by atoms with van der Waals surface area (Å²) in [4.78, 5) is 66.1. The first kappa shape index (κ1) is 31.8. The van der Waals surface area contributed by atoms with Gasteiger partial charge in [-0.2, -0.15) is 0 Å². The van der Waals surface area contributed by atoms with E-state index in [0.717, 1.165) is 22.0 Å². The number of fused-ring (bicyclic) bond motifs is 1. The fourth-order valence-corrected chi connectivity index (χ4v) is 4.59. The van der Waals surface area contributed by atoms with Crippen LogP contribution in [0.4, 0.5) is 0 Å². The van der Waals surface area contributed by atoms with Gasteiger partial charge in [-0.15, -0.1) is 0 Å². The van der Waals surface area contributed by atoms with Crippen LogP contribution in [0.5, 0.6) is 0 Å². The second kappa shape index (κ2) is 14.8. The number of rotatable bonds is 15. The quantitative estimate of drug-likeness (QED) is 0.137. The van der Waals surface area contributed by atoms with E-state index < -0.39 is 66.1 Å². The Bertz CT molecular complexity index is 1410. The molecule has 9 N–H and O–H groups in total. The molecule has 4 amide bonds. The van der Waals surface area contributed by atoms with Crippen molar-refractivity contribution >= 4 is 40.5 Å². The van der Waals surface area contributed by atoms with Crippen LogP contribution in [0, 0.1) is 5.92 Å². The van der Waals surface area contributed by atoms with Gasteiger partial charge in [0.25, 0.3) is 0 Å². The molecule has 0 aliphatic carbocycles. The maximum Gasteiger partial charge on any atom is 0.326 e. The lowest BCUT2D eigenvalue weighted by molar-refractivity contribution is -0.144. The number of hydrogen-bond donors (Lipinski definition) is 7. The molecule has 0 fully saturated rings. The average Bonchev–Trinajstić information content (AvgIpc) is 3.37. The Balaban J connectivity index is 1.84. The number of H-pyrrole nitrogens is 1. The van der Waals surface area contributed by atoms with Gasteiger partial charge in [-0.3, -0.25) is 19.2 Å². The van der Waals surface area contributed by atoms with Crippen molar-refractivity contribution < 1.29 is 29.1 Å². The van der Waals surface area contributed by atoms with E-state index >= 15 is 0 Å². The van der Waals surface area contributed by atoms with Gasteiger partial charge in [0.05, 0.1) is 12.5 Å². The van der Waals surface area contributed by atoms with E-state index in [1.165, 1.54) is 0 Å². The third kappa shape index (κ3) is 8.64. The minimum absolute atomic E-state index is 0.0912. The van der Waals surface area contributed by atoms with E-state index in [1.807, 2.05) is 61.5 Å². The monoisotopic (exact) mass is 578 g/mol. The van der Waals surface area contributed by atoms with Crippen LogP contribution in [-0.4, -0.2) is 63.9 Å². The number of benzene rings is 2. The Morgan fingerprint density at radius 2 is 1.50 bits per heavy atom. The van der Waals surface area contributed by atoms with Crippen LogP contribution in [0.2, 0.25) is 0 Å². The summed E-state index contributed by atoms with van der Waals surface area (Å²) in [5, 5.41) is 18.0.